The van der Waals surface area contributed by atoms with E-state index in [1.807, 2.05) is 12.1 Å². The zero-order valence-corrected chi connectivity index (χ0v) is 14.2. The lowest BCUT2D eigenvalue weighted by atomic mass is 9.98. The lowest BCUT2D eigenvalue weighted by Crippen LogP contribution is -2.19. The fourth-order valence-electron chi connectivity index (χ4n) is 2.13. The Hall–Kier alpha value is -0.980. The zero-order valence-electron chi connectivity index (χ0n) is 10.2. The molecule has 2 heterocycles. The van der Waals surface area contributed by atoms with E-state index < -0.39 is 0 Å². The third-order valence-electron chi connectivity index (χ3n) is 3.13. The van der Waals surface area contributed by atoms with E-state index >= 15 is 0 Å². The third-order valence-corrected chi connectivity index (χ3v) is 6.39. The molecular formula is C14H9Br2NO2S. The minimum Gasteiger partial charge on any atom is -0.326 e. The van der Waals surface area contributed by atoms with Crippen LogP contribution in [-0.4, -0.2) is 11.7 Å². The van der Waals surface area contributed by atoms with E-state index in [0.29, 0.717) is 23.3 Å². The quantitative estimate of drug-likeness (QED) is 0.740. The van der Waals surface area contributed by atoms with Crippen molar-refractivity contribution in [3.63, 3.8) is 0 Å². The lowest BCUT2D eigenvalue weighted by Gasteiger charge is -2.17. The Bertz CT molecular complexity index is 704. The molecule has 1 aromatic heterocycles. The van der Waals surface area contributed by atoms with Gasteiger partial charge in [-0.2, -0.15) is 0 Å². The van der Waals surface area contributed by atoms with Gasteiger partial charge in [-0.15, -0.1) is 11.3 Å². The van der Waals surface area contributed by atoms with Crippen molar-refractivity contribution in [2.45, 2.75) is 12.8 Å². The average molecular weight is 415 g/mol. The number of benzene rings is 1. The van der Waals surface area contributed by atoms with Crippen molar-refractivity contribution >= 4 is 60.6 Å². The van der Waals surface area contributed by atoms with Crippen molar-refractivity contribution in [1.29, 1.82) is 0 Å². The maximum absolute atomic E-state index is 12.4. The van der Waals surface area contributed by atoms with Gasteiger partial charge in [-0.05, 0) is 68.1 Å². The number of anilines is 1. The van der Waals surface area contributed by atoms with Gasteiger partial charge in [-0.1, -0.05) is 0 Å². The van der Waals surface area contributed by atoms with Crippen LogP contribution in [0.1, 0.15) is 27.2 Å². The molecule has 0 aliphatic carbocycles. The molecule has 2 aromatic rings. The Morgan fingerprint density at radius 1 is 1.20 bits per heavy atom. The summed E-state index contributed by atoms with van der Waals surface area (Å²) < 4.78 is 1.79. The van der Waals surface area contributed by atoms with Crippen LogP contribution in [0.3, 0.4) is 0 Å². The predicted molar refractivity (Wildman–Crippen MR) is 86.5 cm³/mol. The molecule has 3 nitrogen and oxygen atoms in total. The monoisotopic (exact) mass is 413 g/mol. The summed E-state index contributed by atoms with van der Waals surface area (Å²) in [4.78, 5) is 24.4. The molecule has 0 spiro atoms. The van der Waals surface area contributed by atoms with Crippen LogP contribution < -0.4 is 5.32 Å². The molecular weight excluding hydrogens is 406 g/mol. The van der Waals surface area contributed by atoms with Crippen molar-refractivity contribution in [2.75, 3.05) is 5.32 Å². The Labute approximate surface area is 136 Å². The van der Waals surface area contributed by atoms with Gasteiger partial charge in [0.15, 0.2) is 0 Å². The number of aryl methyl sites for hydroxylation is 1. The van der Waals surface area contributed by atoms with Crippen LogP contribution in [0, 0.1) is 0 Å². The van der Waals surface area contributed by atoms with Gasteiger partial charge >= 0.3 is 0 Å². The van der Waals surface area contributed by atoms with Gasteiger partial charge in [-0.3, -0.25) is 9.59 Å². The maximum atomic E-state index is 12.4. The first-order valence-corrected chi connectivity index (χ1v) is 8.37. The van der Waals surface area contributed by atoms with Gasteiger partial charge in [0.1, 0.15) is 0 Å². The summed E-state index contributed by atoms with van der Waals surface area (Å²) in [6.45, 7) is 0. The number of nitrogens with one attached hydrogen (secondary N) is 1. The largest absolute Gasteiger partial charge is 0.326 e. The second kappa shape index (κ2) is 5.42. The van der Waals surface area contributed by atoms with Crippen molar-refractivity contribution < 1.29 is 9.59 Å². The molecule has 20 heavy (non-hydrogen) atoms. The summed E-state index contributed by atoms with van der Waals surface area (Å²) in [6, 6.07) is 7.25. The highest BCUT2D eigenvalue weighted by Crippen LogP contribution is 2.34. The number of carbonyl (C=O) groups is 2. The number of hydrogen-bond donors (Lipinski definition) is 1. The molecule has 0 unspecified atom stereocenters. The standard InChI is InChI=1S/C14H9Br2NO2S/c15-9-6-11(20-14(9)16)13(19)8-1-3-10-7(5-8)2-4-12(18)17-10/h1,3,5-6H,2,4H2,(H,17,18). The summed E-state index contributed by atoms with van der Waals surface area (Å²) in [7, 11) is 0. The van der Waals surface area contributed by atoms with Gasteiger partial charge in [0.25, 0.3) is 0 Å². The Balaban J connectivity index is 1.95. The van der Waals surface area contributed by atoms with E-state index in [2.05, 4.69) is 37.2 Å². The SMILES string of the molecule is O=C1CCc2cc(C(=O)c3cc(Br)c(Br)s3)ccc2N1. The van der Waals surface area contributed by atoms with E-state index in [0.717, 1.165) is 19.5 Å². The summed E-state index contributed by atoms with van der Waals surface area (Å²) in [6.07, 6.45) is 1.15. The molecule has 102 valence electrons. The van der Waals surface area contributed by atoms with E-state index in [-0.39, 0.29) is 11.7 Å². The van der Waals surface area contributed by atoms with Crippen LogP contribution in [0.4, 0.5) is 5.69 Å². The number of fused-ring (bicyclic) bond motifs is 1. The van der Waals surface area contributed by atoms with Gasteiger partial charge in [0.2, 0.25) is 11.7 Å². The van der Waals surface area contributed by atoms with Crippen LogP contribution in [0.2, 0.25) is 0 Å². The highest BCUT2D eigenvalue weighted by Gasteiger charge is 2.19. The van der Waals surface area contributed by atoms with Gasteiger partial charge in [0, 0.05) is 22.1 Å². The van der Waals surface area contributed by atoms with Gasteiger partial charge in [-0.25, -0.2) is 0 Å². The Morgan fingerprint density at radius 3 is 2.70 bits per heavy atom. The minimum absolute atomic E-state index is 0.00102. The molecule has 0 atom stereocenters. The number of thiophene rings is 1. The van der Waals surface area contributed by atoms with E-state index in [9.17, 15) is 9.59 Å². The zero-order chi connectivity index (χ0) is 14.3. The molecule has 0 saturated heterocycles. The smallest absolute Gasteiger partial charge is 0.224 e. The fraction of sp³-hybridized carbons (Fsp3) is 0.143. The van der Waals surface area contributed by atoms with Gasteiger partial charge in [0.05, 0.1) is 8.66 Å². The molecule has 0 saturated carbocycles. The Morgan fingerprint density at radius 2 is 2.00 bits per heavy atom. The first kappa shape index (κ1) is 14.0. The van der Waals surface area contributed by atoms with Crippen LogP contribution >= 0.6 is 43.2 Å². The number of hydrogen-bond acceptors (Lipinski definition) is 3. The van der Waals surface area contributed by atoms with Crippen molar-refractivity contribution in [3.8, 4) is 0 Å². The predicted octanol–water partition coefficient (Wildman–Crippen LogP) is 4.39. The molecule has 1 aliphatic heterocycles. The molecule has 0 fully saturated rings. The number of ketones is 1. The summed E-state index contributed by atoms with van der Waals surface area (Å²) in [5.41, 5.74) is 2.48. The van der Waals surface area contributed by atoms with E-state index in [4.69, 9.17) is 0 Å². The fourth-order valence-corrected chi connectivity index (χ4v) is 4.12. The van der Waals surface area contributed by atoms with Crippen LogP contribution in [-0.2, 0) is 11.2 Å². The second-order valence-electron chi connectivity index (χ2n) is 4.48. The van der Waals surface area contributed by atoms with Crippen molar-refractivity contribution in [1.82, 2.24) is 0 Å². The summed E-state index contributed by atoms with van der Waals surface area (Å²) in [5.74, 6) is 0.0313. The topological polar surface area (TPSA) is 46.2 Å². The second-order valence-corrected chi connectivity index (χ2v) is 7.71. The van der Waals surface area contributed by atoms with Crippen LogP contribution in [0.25, 0.3) is 0 Å². The molecule has 0 bridgehead atoms. The molecule has 0 radical (unpaired) electrons. The van der Waals surface area contributed by atoms with Crippen molar-refractivity contribution in [3.05, 3.63) is 48.5 Å². The summed E-state index contributed by atoms with van der Waals surface area (Å²) >= 11 is 8.19. The summed E-state index contributed by atoms with van der Waals surface area (Å²) in [5, 5.41) is 2.82. The highest BCUT2D eigenvalue weighted by atomic mass is 79.9. The molecule has 1 aromatic carbocycles. The number of amides is 1. The van der Waals surface area contributed by atoms with Crippen LogP contribution in [0.15, 0.2) is 32.5 Å². The first-order chi connectivity index (χ1) is 9.54. The van der Waals surface area contributed by atoms with Gasteiger partial charge < -0.3 is 5.32 Å². The molecule has 1 aliphatic rings. The maximum Gasteiger partial charge on any atom is 0.224 e. The number of halogens is 2. The Kier molecular flexibility index (Phi) is 3.79. The van der Waals surface area contributed by atoms with Crippen LogP contribution in [0.5, 0.6) is 0 Å². The van der Waals surface area contributed by atoms with Crippen molar-refractivity contribution in [2.24, 2.45) is 0 Å². The molecule has 1 N–H and O–H groups in total. The number of carbonyl (C=O) groups excluding carboxylic acids is 2. The lowest BCUT2D eigenvalue weighted by molar-refractivity contribution is -0.116. The minimum atomic E-state index is 0.00102. The normalized spacial score (nSPS) is 13.8. The number of rotatable bonds is 2. The van der Waals surface area contributed by atoms with E-state index in [1.54, 1.807) is 12.1 Å². The molecule has 6 heteroatoms. The first-order valence-electron chi connectivity index (χ1n) is 5.97. The third kappa shape index (κ3) is 2.60. The molecule has 3 rings (SSSR count). The molecule has 1 amide bonds. The highest BCUT2D eigenvalue weighted by molar-refractivity contribution is 9.13. The average Bonchev–Trinajstić information content (AvgIpc) is 2.77. The van der Waals surface area contributed by atoms with E-state index in [1.165, 1.54) is 11.3 Å².